The Labute approximate surface area is 131 Å². The van der Waals surface area contributed by atoms with Crippen molar-refractivity contribution in [1.82, 2.24) is 5.32 Å². The number of hydrogen-bond donors (Lipinski definition) is 1. The van der Waals surface area contributed by atoms with Gasteiger partial charge in [-0.3, -0.25) is 0 Å². The molecule has 1 aliphatic heterocycles. The molecule has 1 aliphatic rings. The largest absolute Gasteiger partial charge is 0.417 e. The van der Waals surface area contributed by atoms with E-state index in [2.05, 4.69) is 69.5 Å². The normalized spacial score (nSPS) is 23.5. The second-order valence-electron chi connectivity index (χ2n) is 7.84. The molecule has 0 aliphatic carbocycles. The van der Waals surface area contributed by atoms with E-state index in [4.69, 9.17) is 4.43 Å². The standard InChI is InChI=1S/C18H31NOSi/c1-17(2,3)21(4,5)20-15-13-18(12-9-14-19-18)16-10-7-6-8-11-16/h6-8,10-11,19H,9,12-15H2,1-5H3. The molecule has 0 radical (unpaired) electrons. The number of rotatable bonds is 5. The first-order valence-corrected chi connectivity index (χ1v) is 11.1. The Morgan fingerprint density at radius 1 is 1.19 bits per heavy atom. The van der Waals surface area contributed by atoms with Crippen molar-refractivity contribution in [3.05, 3.63) is 35.9 Å². The van der Waals surface area contributed by atoms with Crippen LogP contribution in [0.15, 0.2) is 30.3 Å². The molecular weight excluding hydrogens is 274 g/mol. The van der Waals surface area contributed by atoms with E-state index in [1.165, 1.54) is 18.4 Å². The van der Waals surface area contributed by atoms with Crippen LogP contribution in [0.2, 0.25) is 18.1 Å². The Balaban J connectivity index is 2.03. The zero-order valence-electron chi connectivity index (χ0n) is 14.3. The highest BCUT2D eigenvalue weighted by Gasteiger charge is 2.39. The summed E-state index contributed by atoms with van der Waals surface area (Å²) < 4.78 is 6.40. The van der Waals surface area contributed by atoms with E-state index in [0.717, 1.165) is 19.6 Å². The maximum absolute atomic E-state index is 6.40. The summed E-state index contributed by atoms with van der Waals surface area (Å²) in [4.78, 5) is 0. The van der Waals surface area contributed by atoms with Gasteiger partial charge >= 0.3 is 0 Å². The van der Waals surface area contributed by atoms with E-state index >= 15 is 0 Å². The average Bonchev–Trinajstić information content (AvgIpc) is 2.88. The minimum absolute atomic E-state index is 0.129. The van der Waals surface area contributed by atoms with Crippen molar-refractivity contribution in [1.29, 1.82) is 0 Å². The predicted octanol–water partition coefficient (Wildman–Crippen LogP) is 4.68. The van der Waals surface area contributed by atoms with Crippen LogP contribution in [0.4, 0.5) is 0 Å². The zero-order chi connectivity index (χ0) is 15.6. The van der Waals surface area contributed by atoms with Crippen molar-refractivity contribution in [2.75, 3.05) is 13.2 Å². The van der Waals surface area contributed by atoms with Gasteiger partial charge in [0.25, 0.3) is 0 Å². The first-order chi connectivity index (χ1) is 9.77. The van der Waals surface area contributed by atoms with Crippen molar-refractivity contribution < 1.29 is 4.43 Å². The highest BCUT2D eigenvalue weighted by Crippen LogP contribution is 2.38. The molecular formula is C18H31NOSi. The molecule has 21 heavy (non-hydrogen) atoms. The van der Waals surface area contributed by atoms with Gasteiger partial charge in [0.15, 0.2) is 8.32 Å². The van der Waals surface area contributed by atoms with Crippen LogP contribution in [0, 0.1) is 0 Å². The lowest BCUT2D eigenvalue weighted by Gasteiger charge is -2.38. The minimum atomic E-state index is -1.64. The lowest BCUT2D eigenvalue weighted by Crippen LogP contribution is -2.43. The van der Waals surface area contributed by atoms with Crippen molar-refractivity contribution >= 4 is 8.32 Å². The van der Waals surface area contributed by atoms with Gasteiger partial charge in [0.2, 0.25) is 0 Å². The van der Waals surface area contributed by atoms with Gasteiger partial charge in [0.1, 0.15) is 0 Å². The predicted molar refractivity (Wildman–Crippen MR) is 93.1 cm³/mol. The SMILES string of the molecule is CC(C)(C)[Si](C)(C)OCCC1(c2ccccc2)CCCN1. The van der Waals surface area contributed by atoms with Crippen LogP contribution in [0.1, 0.15) is 45.6 Å². The molecule has 1 saturated heterocycles. The van der Waals surface area contributed by atoms with Crippen molar-refractivity contribution in [3.8, 4) is 0 Å². The van der Waals surface area contributed by atoms with Crippen molar-refractivity contribution in [2.24, 2.45) is 0 Å². The molecule has 0 amide bonds. The third-order valence-corrected chi connectivity index (χ3v) is 9.91. The number of hydrogen-bond acceptors (Lipinski definition) is 2. The summed E-state index contributed by atoms with van der Waals surface area (Å²) in [5, 5.41) is 4.03. The van der Waals surface area contributed by atoms with E-state index in [0.29, 0.717) is 0 Å². The highest BCUT2D eigenvalue weighted by molar-refractivity contribution is 6.74. The second kappa shape index (κ2) is 6.23. The molecule has 0 aromatic heterocycles. The van der Waals surface area contributed by atoms with Crippen LogP contribution in [0.25, 0.3) is 0 Å². The van der Waals surface area contributed by atoms with Crippen LogP contribution < -0.4 is 5.32 Å². The Bertz CT molecular complexity index is 444. The van der Waals surface area contributed by atoms with Gasteiger partial charge in [-0.05, 0) is 49.5 Å². The summed E-state index contributed by atoms with van der Waals surface area (Å²) in [6, 6.07) is 10.9. The zero-order valence-corrected chi connectivity index (χ0v) is 15.3. The van der Waals surface area contributed by atoms with Crippen LogP contribution >= 0.6 is 0 Å². The smallest absolute Gasteiger partial charge is 0.191 e. The lowest BCUT2D eigenvalue weighted by atomic mass is 9.85. The molecule has 0 bridgehead atoms. The molecule has 1 unspecified atom stereocenters. The van der Waals surface area contributed by atoms with Gasteiger partial charge in [0.05, 0.1) is 0 Å². The summed E-state index contributed by atoms with van der Waals surface area (Å²) in [5.74, 6) is 0. The maximum atomic E-state index is 6.40. The summed E-state index contributed by atoms with van der Waals surface area (Å²) in [5.41, 5.74) is 1.55. The van der Waals surface area contributed by atoms with E-state index < -0.39 is 8.32 Å². The molecule has 3 heteroatoms. The van der Waals surface area contributed by atoms with Gasteiger partial charge < -0.3 is 9.74 Å². The Morgan fingerprint density at radius 3 is 2.38 bits per heavy atom. The van der Waals surface area contributed by atoms with E-state index in [-0.39, 0.29) is 10.6 Å². The first kappa shape index (κ1) is 16.7. The second-order valence-corrected chi connectivity index (χ2v) is 12.6. The van der Waals surface area contributed by atoms with E-state index in [9.17, 15) is 0 Å². The van der Waals surface area contributed by atoms with Crippen LogP contribution in [0.5, 0.6) is 0 Å². The molecule has 118 valence electrons. The summed E-state index contributed by atoms with van der Waals surface area (Å²) >= 11 is 0. The Hall–Kier alpha value is -0.643. The third kappa shape index (κ3) is 3.76. The molecule has 1 atom stereocenters. The molecule has 0 saturated carbocycles. The topological polar surface area (TPSA) is 21.3 Å². The summed E-state index contributed by atoms with van der Waals surface area (Å²) in [6.45, 7) is 13.6. The van der Waals surface area contributed by atoms with Crippen molar-refractivity contribution in [3.63, 3.8) is 0 Å². The fraction of sp³-hybridized carbons (Fsp3) is 0.667. The Kier molecular flexibility index (Phi) is 4.96. The summed E-state index contributed by atoms with van der Waals surface area (Å²) in [7, 11) is -1.64. The maximum Gasteiger partial charge on any atom is 0.191 e. The van der Waals surface area contributed by atoms with Crippen LogP contribution in [-0.4, -0.2) is 21.5 Å². The molecule has 1 fully saturated rings. The van der Waals surface area contributed by atoms with Gasteiger partial charge in [0, 0.05) is 12.1 Å². The molecule has 1 aromatic carbocycles. The minimum Gasteiger partial charge on any atom is -0.417 e. The lowest BCUT2D eigenvalue weighted by molar-refractivity contribution is 0.225. The molecule has 0 spiro atoms. The van der Waals surface area contributed by atoms with E-state index in [1.807, 2.05) is 0 Å². The molecule has 2 rings (SSSR count). The van der Waals surface area contributed by atoms with Gasteiger partial charge in [-0.2, -0.15) is 0 Å². The molecule has 2 nitrogen and oxygen atoms in total. The van der Waals surface area contributed by atoms with Gasteiger partial charge in [-0.1, -0.05) is 51.1 Å². The monoisotopic (exact) mass is 305 g/mol. The Morgan fingerprint density at radius 2 is 1.86 bits per heavy atom. The average molecular weight is 306 g/mol. The first-order valence-electron chi connectivity index (χ1n) is 8.21. The summed E-state index contributed by atoms with van der Waals surface area (Å²) in [6.07, 6.45) is 3.55. The fourth-order valence-corrected chi connectivity index (χ4v) is 3.91. The number of nitrogens with one attached hydrogen (secondary N) is 1. The fourth-order valence-electron chi connectivity index (χ4n) is 2.86. The van der Waals surface area contributed by atoms with E-state index in [1.54, 1.807) is 0 Å². The molecule has 1 heterocycles. The van der Waals surface area contributed by atoms with Gasteiger partial charge in [-0.25, -0.2) is 0 Å². The number of benzene rings is 1. The molecule has 1 aromatic rings. The van der Waals surface area contributed by atoms with Crippen LogP contribution in [-0.2, 0) is 9.96 Å². The third-order valence-electron chi connectivity index (χ3n) is 5.37. The quantitative estimate of drug-likeness (QED) is 0.798. The van der Waals surface area contributed by atoms with Gasteiger partial charge in [-0.15, -0.1) is 0 Å². The molecule has 1 N–H and O–H groups in total. The highest BCUT2D eigenvalue weighted by atomic mass is 28.4. The van der Waals surface area contributed by atoms with Crippen LogP contribution in [0.3, 0.4) is 0 Å². The van der Waals surface area contributed by atoms with Crippen molar-refractivity contribution in [2.45, 2.75) is 63.7 Å².